The highest BCUT2D eigenvalue weighted by atomic mass is 16.7. The van der Waals surface area contributed by atoms with Gasteiger partial charge in [0.25, 0.3) is 11.5 Å². The van der Waals surface area contributed by atoms with Gasteiger partial charge in [0.15, 0.2) is 5.65 Å². The van der Waals surface area contributed by atoms with E-state index < -0.39 is 60.1 Å². The molecule has 0 saturated carbocycles. The molecule has 1 saturated heterocycles. The molecule has 16 heteroatoms. The van der Waals surface area contributed by atoms with Crippen molar-refractivity contribution in [2.45, 2.75) is 43.5 Å². The predicted molar refractivity (Wildman–Crippen MR) is 144 cm³/mol. The van der Waals surface area contributed by atoms with Crippen molar-refractivity contribution in [2.75, 3.05) is 13.2 Å². The summed E-state index contributed by atoms with van der Waals surface area (Å²) in [5.74, 6) is -0.103. The molecule has 224 valence electrons. The number of aliphatic hydroxyl groups excluding tert-OH is 4. The lowest BCUT2D eigenvalue weighted by Crippen LogP contribution is -2.60. The van der Waals surface area contributed by atoms with Gasteiger partial charge in [-0.15, -0.1) is 0 Å². The van der Waals surface area contributed by atoms with E-state index in [9.17, 15) is 39.6 Å². The average Bonchev–Trinajstić information content (AvgIpc) is 3.41. The van der Waals surface area contributed by atoms with Gasteiger partial charge in [0.1, 0.15) is 52.7 Å². The molecule has 6 N–H and O–H groups in total. The van der Waals surface area contributed by atoms with Crippen LogP contribution in [0.25, 0.3) is 22.1 Å². The summed E-state index contributed by atoms with van der Waals surface area (Å²) < 4.78 is 18.4. The Morgan fingerprint density at radius 3 is 2.60 bits per heavy atom. The molecule has 0 radical (unpaired) electrons. The van der Waals surface area contributed by atoms with Gasteiger partial charge < -0.3 is 44.6 Å². The van der Waals surface area contributed by atoms with E-state index in [0.717, 1.165) is 4.57 Å². The van der Waals surface area contributed by atoms with E-state index in [4.69, 9.17) is 13.9 Å². The van der Waals surface area contributed by atoms with Crippen molar-refractivity contribution in [1.82, 2.24) is 24.4 Å². The zero-order chi connectivity index (χ0) is 30.3. The molecule has 1 aliphatic rings. The minimum Gasteiger partial charge on any atom is -0.462 e. The zero-order valence-corrected chi connectivity index (χ0v) is 22.5. The molecule has 0 aliphatic carbocycles. The van der Waals surface area contributed by atoms with Crippen molar-refractivity contribution >= 4 is 28.0 Å². The smallest absolute Gasteiger partial charge is 0.349 e. The van der Waals surface area contributed by atoms with Gasteiger partial charge in [-0.3, -0.25) is 18.7 Å². The number of benzene rings is 1. The molecule has 16 nitrogen and oxygen atoms in total. The summed E-state index contributed by atoms with van der Waals surface area (Å²) in [5.41, 5.74) is -1.61. The Balaban J connectivity index is 1.22. The first-order chi connectivity index (χ1) is 20.0. The molecule has 1 aliphatic heterocycles. The van der Waals surface area contributed by atoms with Crippen LogP contribution in [0.15, 0.2) is 43.1 Å². The van der Waals surface area contributed by atoms with Gasteiger partial charge in [0.05, 0.1) is 6.61 Å². The van der Waals surface area contributed by atoms with Gasteiger partial charge in [-0.25, -0.2) is 14.6 Å². The summed E-state index contributed by atoms with van der Waals surface area (Å²) in [5, 5.41) is 42.4. The van der Waals surface area contributed by atoms with Gasteiger partial charge >= 0.3 is 11.3 Å². The Morgan fingerprint density at radius 2 is 1.86 bits per heavy atom. The molecule has 0 spiro atoms. The summed E-state index contributed by atoms with van der Waals surface area (Å²) in [6.07, 6.45) is -6.59. The summed E-state index contributed by atoms with van der Waals surface area (Å²) >= 11 is 0. The molecule has 5 atom stereocenters. The van der Waals surface area contributed by atoms with Gasteiger partial charge in [0, 0.05) is 38.5 Å². The van der Waals surface area contributed by atoms with Crippen molar-refractivity contribution in [3.05, 3.63) is 66.9 Å². The minimum atomic E-state index is -1.62. The largest absolute Gasteiger partial charge is 0.462 e. The zero-order valence-electron chi connectivity index (χ0n) is 22.5. The number of aliphatic hydroxyl groups is 4. The topological polar surface area (TPSA) is 231 Å². The third kappa shape index (κ3) is 5.33. The van der Waals surface area contributed by atoms with E-state index in [1.807, 2.05) is 0 Å². The first-order valence-corrected chi connectivity index (χ1v) is 13.0. The van der Waals surface area contributed by atoms with Gasteiger partial charge in [-0.1, -0.05) is 0 Å². The molecule has 1 amide bonds. The number of hydrogen-bond donors (Lipinski definition) is 6. The van der Waals surface area contributed by atoms with Gasteiger partial charge in [0.2, 0.25) is 6.29 Å². The number of imidazole rings is 1. The normalized spacial score (nSPS) is 22.5. The monoisotopic (exact) mass is 587 g/mol. The molecule has 0 bridgehead atoms. The van der Waals surface area contributed by atoms with Crippen LogP contribution in [0.1, 0.15) is 22.6 Å². The number of aromatic nitrogens is 4. The number of carbonyl (C=O) groups excluding carboxylic acids is 1. The van der Waals surface area contributed by atoms with Crippen LogP contribution in [0.4, 0.5) is 0 Å². The van der Waals surface area contributed by atoms with Crippen LogP contribution in [0.5, 0.6) is 5.75 Å². The Labute approximate surface area is 235 Å². The van der Waals surface area contributed by atoms with Crippen LogP contribution in [0.2, 0.25) is 0 Å². The second kappa shape index (κ2) is 11.5. The fourth-order valence-electron chi connectivity index (χ4n) is 4.67. The maximum absolute atomic E-state index is 12.7. The third-order valence-corrected chi connectivity index (χ3v) is 7.07. The molecular weight excluding hydrogens is 558 g/mol. The van der Waals surface area contributed by atoms with Crippen LogP contribution in [0.3, 0.4) is 0 Å². The van der Waals surface area contributed by atoms with Gasteiger partial charge in [-0.2, -0.15) is 0 Å². The quantitative estimate of drug-likeness (QED) is 0.0936. The SMILES string of the molecule is Cn1c(=O)c2[nH]c(CCCNC(=O)c3cc4ccc(OC5OC(CO)C(O)C(O)C5O)cc4oc3=O)nc2n(C)c1=O. The van der Waals surface area contributed by atoms with Crippen molar-refractivity contribution in [3.63, 3.8) is 0 Å². The number of amides is 1. The van der Waals surface area contributed by atoms with Crippen LogP contribution >= 0.6 is 0 Å². The maximum atomic E-state index is 12.7. The molecule has 5 unspecified atom stereocenters. The number of carbonyl (C=O) groups is 1. The minimum absolute atomic E-state index is 0.0732. The maximum Gasteiger partial charge on any atom is 0.349 e. The van der Waals surface area contributed by atoms with E-state index in [1.54, 1.807) is 0 Å². The number of H-pyrrole nitrogens is 1. The van der Waals surface area contributed by atoms with Crippen LogP contribution < -0.4 is 26.9 Å². The first kappa shape index (κ1) is 29.2. The Kier molecular flexibility index (Phi) is 7.98. The van der Waals surface area contributed by atoms with Crippen LogP contribution in [-0.4, -0.2) is 89.3 Å². The molecule has 42 heavy (non-hydrogen) atoms. The summed E-state index contributed by atoms with van der Waals surface area (Å²) in [6.45, 7) is -0.443. The summed E-state index contributed by atoms with van der Waals surface area (Å²) in [7, 11) is 2.89. The Morgan fingerprint density at radius 1 is 1.10 bits per heavy atom. The summed E-state index contributed by atoms with van der Waals surface area (Å²) in [6, 6.07) is 5.65. The highest BCUT2D eigenvalue weighted by molar-refractivity contribution is 5.96. The number of hydrogen-bond acceptors (Lipinski definition) is 12. The molecule has 3 aromatic heterocycles. The lowest BCUT2D eigenvalue weighted by atomic mass is 9.99. The molecule has 1 fully saturated rings. The predicted octanol–water partition coefficient (Wildman–Crippen LogP) is -2.39. The number of aromatic amines is 1. The van der Waals surface area contributed by atoms with E-state index in [2.05, 4.69) is 15.3 Å². The Hall–Kier alpha value is -4.35. The Bertz CT molecular complexity index is 1820. The van der Waals surface area contributed by atoms with Crippen LogP contribution in [-0.2, 0) is 25.3 Å². The number of rotatable bonds is 8. The number of nitrogens with zero attached hydrogens (tertiary/aromatic N) is 3. The van der Waals surface area contributed by atoms with E-state index in [0.29, 0.717) is 24.1 Å². The highest BCUT2D eigenvalue weighted by Crippen LogP contribution is 2.26. The fraction of sp³-hybridized carbons (Fsp3) is 0.423. The lowest BCUT2D eigenvalue weighted by molar-refractivity contribution is -0.277. The van der Waals surface area contributed by atoms with Crippen molar-refractivity contribution in [2.24, 2.45) is 14.1 Å². The average molecular weight is 588 g/mol. The van der Waals surface area contributed by atoms with E-state index >= 15 is 0 Å². The standard InChI is InChI=1S/C26H29N5O11/c1-30-21-17(23(37)31(2)26(30)39)28-16(29-21)4-3-7-27-22(36)13-8-11-5-6-12(9-14(11)41-24(13)38)40-25-20(35)19(34)18(33)15(10-32)42-25/h5-6,8-9,15,18-20,25,32-35H,3-4,7,10H2,1-2H3,(H,27,36)(H,28,29). The number of ether oxygens (including phenoxy) is 2. The number of nitrogens with one attached hydrogen (secondary N) is 2. The molecule has 4 aromatic rings. The second-order valence-corrected chi connectivity index (χ2v) is 9.91. The summed E-state index contributed by atoms with van der Waals surface area (Å²) in [4.78, 5) is 56.9. The number of aryl methyl sites for hydroxylation is 2. The lowest BCUT2D eigenvalue weighted by Gasteiger charge is -2.39. The van der Waals surface area contributed by atoms with Crippen molar-refractivity contribution < 1.29 is 39.1 Å². The van der Waals surface area contributed by atoms with Crippen molar-refractivity contribution in [3.8, 4) is 5.75 Å². The molecule has 1 aromatic carbocycles. The first-order valence-electron chi connectivity index (χ1n) is 13.0. The van der Waals surface area contributed by atoms with E-state index in [1.165, 1.54) is 42.9 Å². The van der Waals surface area contributed by atoms with Crippen LogP contribution in [0, 0.1) is 0 Å². The van der Waals surface area contributed by atoms with Crippen molar-refractivity contribution in [1.29, 1.82) is 0 Å². The number of fused-ring (bicyclic) bond motifs is 2. The van der Waals surface area contributed by atoms with E-state index in [-0.39, 0.29) is 34.6 Å². The third-order valence-electron chi connectivity index (χ3n) is 7.07. The molecular formula is C26H29N5O11. The molecule has 4 heterocycles. The molecule has 5 rings (SSSR count). The second-order valence-electron chi connectivity index (χ2n) is 9.91. The van der Waals surface area contributed by atoms with Gasteiger partial charge in [-0.05, 0) is 24.6 Å². The fourth-order valence-corrected chi connectivity index (χ4v) is 4.67. The highest BCUT2D eigenvalue weighted by Gasteiger charge is 2.44.